The van der Waals surface area contributed by atoms with Crippen molar-refractivity contribution in [3.63, 3.8) is 0 Å². The minimum absolute atomic E-state index is 0.0129. The number of nitrogens with zero attached hydrogens (tertiary/aromatic N) is 1. The monoisotopic (exact) mass is 234 g/mol. The van der Waals surface area contributed by atoms with Crippen molar-refractivity contribution < 1.29 is 4.39 Å². The van der Waals surface area contributed by atoms with Gasteiger partial charge < -0.3 is 10.6 Å². The van der Waals surface area contributed by atoms with Gasteiger partial charge in [0, 0.05) is 18.8 Å². The molecule has 1 fully saturated rings. The number of halogens is 1. The van der Waals surface area contributed by atoms with Crippen LogP contribution in [0.4, 0.5) is 10.1 Å². The molecule has 0 spiro atoms. The van der Waals surface area contributed by atoms with Crippen LogP contribution in [0.1, 0.15) is 25.3 Å². The van der Waals surface area contributed by atoms with Gasteiger partial charge in [-0.2, -0.15) is 0 Å². The third kappa shape index (κ3) is 1.64. The number of nitrogens with two attached hydrogens (primary N) is 1. The van der Waals surface area contributed by atoms with E-state index < -0.39 is 0 Å². The highest BCUT2D eigenvalue weighted by Gasteiger charge is 2.46. The Morgan fingerprint density at radius 3 is 2.88 bits per heavy atom. The van der Waals surface area contributed by atoms with Gasteiger partial charge in [-0.25, -0.2) is 4.39 Å². The van der Waals surface area contributed by atoms with Crippen molar-refractivity contribution in [2.45, 2.75) is 31.7 Å². The van der Waals surface area contributed by atoms with Crippen LogP contribution >= 0.6 is 0 Å². The topological polar surface area (TPSA) is 29.3 Å². The smallest absolute Gasteiger partial charge is 0.125 e. The zero-order valence-electron chi connectivity index (χ0n) is 10.2. The number of hydrogen-bond acceptors (Lipinski definition) is 2. The fourth-order valence-corrected chi connectivity index (χ4v) is 3.09. The molecular weight excluding hydrogens is 215 g/mol. The van der Waals surface area contributed by atoms with E-state index >= 15 is 0 Å². The summed E-state index contributed by atoms with van der Waals surface area (Å²) in [6.07, 6.45) is 3.53. The maximum Gasteiger partial charge on any atom is 0.125 e. The number of anilines is 1. The first-order chi connectivity index (χ1) is 8.15. The Labute approximate surface area is 102 Å². The molecule has 2 N–H and O–H groups in total. The highest BCUT2D eigenvalue weighted by atomic mass is 19.1. The van der Waals surface area contributed by atoms with E-state index in [0.717, 1.165) is 18.7 Å². The predicted octanol–water partition coefficient (Wildman–Crippen LogP) is 2.32. The molecule has 1 saturated carbocycles. The molecule has 1 aliphatic carbocycles. The molecule has 0 radical (unpaired) electrons. The molecule has 0 amide bonds. The van der Waals surface area contributed by atoms with Gasteiger partial charge >= 0.3 is 0 Å². The van der Waals surface area contributed by atoms with Gasteiger partial charge in [-0.3, -0.25) is 0 Å². The highest BCUT2D eigenvalue weighted by Crippen LogP contribution is 2.46. The van der Waals surface area contributed by atoms with Crippen LogP contribution in [0.25, 0.3) is 0 Å². The zero-order valence-corrected chi connectivity index (χ0v) is 10.2. The maximum absolute atomic E-state index is 13.4. The van der Waals surface area contributed by atoms with E-state index in [1.807, 2.05) is 6.07 Å². The minimum Gasteiger partial charge on any atom is -0.364 e. The summed E-state index contributed by atoms with van der Waals surface area (Å²) in [5, 5.41) is 0. The van der Waals surface area contributed by atoms with Gasteiger partial charge in [-0.05, 0) is 49.8 Å². The van der Waals surface area contributed by atoms with E-state index in [1.165, 1.54) is 18.4 Å². The summed E-state index contributed by atoms with van der Waals surface area (Å²) in [6.45, 7) is 3.85. The van der Waals surface area contributed by atoms with Gasteiger partial charge in [0.2, 0.25) is 0 Å². The van der Waals surface area contributed by atoms with Crippen LogP contribution in [-0.4, -0.2) is 18.6 Å². The van der Waals surface area contributed by atoms with Crippen LogP contribution in [0.3, 0.4) is 0 Å². The summed E-state index contributed by atoms with van der Waals surface area (Å²) in [4.78, 5) is 2.34. The van der Waals surface area contributed by atoms with Crippen molar-refractivity contribution in [3.05, 3.63) is 29.6 Å². The van der Waals surface area contributed by atoms with Gasteiger partial charge in [-0.15, -0.1) is 0 Å². The lowest BCUT2D eigenvalue weighted by Crippen LogP contribution is -2.53. The summed E-state index contributed by atoms with van der Waals surface area (Å²) in [6, 6.07) is 5.13. The Kier molecular flexibility index (Phi) is 2.40. The fraction of sp³-hybridized carbons (Fsp3) is 0.571. The molecule has 2 nitrogen and oxygen atoms in total. The Hall–Kier alpha value is -1.09. The number of benzene rings is 1. The molecule has 3 heteroatoms. The second-order valence-electron chi connectivity index (χ2n) is 5.51. The van der Waals surface area contributed by atoms with Crippen LogP contribution in [-0.2, 0) is 6.42 Å². The largest absolute Gasteiger partial charge is 0.364 e. The molecule has 92 valence electrons. The van der Waals surface area contributed by atoms with Gasteiger partial charge in [0.1, 0.15) is 5.82 Å². The number of rotatable bonds is 3. The third-order valence-electron chi connectivity index (χ3n) is 4.43. The molecule has 1 aliphatic heterocycles. The molecule has 3 rings (SSSR count). The zero-order chi connectivity index (χ0) is 12.0. The SMILES string of the molecule is CC(CN)(C1CC1)N1CCc2ccc(F)cc21. The molecule has 1 atom stereocenters. The predicted molar refractivity (Wildman–Crippen MR) is 67.6 cm³/mol. The van der Waals surface area contributed by atoms with Crippen LogP contribution in [0.15, 0.2) is 18.2 Å². The lowest BCUT2D eigenvalue weighted by Gasteiger charge is -2.40. The Bertz CT molecular complexity index is 442. The number of fused-ring (bicyclic) bond motifs is 1. The summed E-state index contributed by atoms with van der Waals surface area (Å²) < 4.78 is 13.4. The van der Waals surface area contributed by atoms with Crippen molar-refractivity contribution in [2.24, 2.45) is 11.7 Å². The van der Waals surface area contributed by atoms with E-state index in [-0.39, 0.29) is 11.4 Å². The summed E-state index contributed by atoms with van der Waals surface area (Å²) >= 11 is 0. The van der Waals surface area contributed by atoms with E-state index in [2.05, 4.69) is 11.8 Å². The standard InChI is InChI=1S/C14H19FN2/c1-14(9-16,11-3-4-11)17-7-6-10-2-5-12(15)8-13(10)17/h2,5,8,11H,3-4,6-7,9,16H2,1H3. The van der Waals surface area contributed by atoms with E-state index in [9.17, 15) is 4.39 Å². The molecule has 1 heterocycles. The molecule has 0 bridgehead atoms. The quantitative estimate of drug-likeness (QED) is 0.869. The van der Waals surface area contributed by atoms with Crippen molar-refractivity contribution in [3.8, 4) is 0 Å². The lowest BCUT2D eigenvalue weighted by atomic mass is 9.93. The van der Waals surface area contributed by atoms with E-state index in [0.29, 0.717) is 12.5 Å². The van der Waals surface area contributed by atoms with Crippen molar-refractivity contribution in [2.75, 3.05) is 18.0 Å². The molecule has 0 aromatic heterocycles. The van der Waals surface area contributed by atoms with E-state index in [1.54, 1.807) is 12.1 Å². The van der Waals surface area contributed by atoms with Gasteiger partial charge in [0.15, 0.2) is 0 Å². The summed E-state index contributed by atoms with van der Waals surface area (Å²) in [7, 11) is 0. The Balaban J connectivity index is 1.99. The fourth-order valence-electron chi connectivity index (χ4n) is 3.09. The first kappa shape index (κ1) is 11.0. The molecular formula is C14H19FN2. The molecule has 1 aromatic rings. The van der Waals surface area contributed by atoms with E-state index in [4.69, 9.17) is 5.73 Å². The van der Waals surface area contributed by atoms with Crippen molar-refractivity contribution in [1.29, 1.82) is 0 Å². The molecule has 0 saturated heterocycles. The van der Waals surface area contributed by atoms with Crippen LogP contribution < -0.4 is 10.6 Å². The molecule has 2 aliphatic rings. The molecule has 17 heavy (non-hydrogen) atoms. The summed E-state index contributed by atoms with van der Waals surface area (Å²) in [5.41, 5.74) is 8.32. The Morgan fingerprint density at radius 1 is 1.47 bits per heavy atom. The highest BCUT2D eigenvalue weighted by molar-refractivity contribution is 5.60. The van der Waals surface area contributed by atoms with Gasteiger partial charge in [-0.1, -0.05) is 6.07 Å². The van der Waals surface area contributed by atoms with Crippen LogP contribution in [0, 0.1) is 11.7 Å². The average Bonchev–Trinajstić information content (AvgIpc) is 3.10. The lowest BCUT2D eigenvalue weighted by molar-refractivity contribution is 0.385. The van der Waals surface area contributed by atoms with Crippen LogP contribution in [0.2, 0.25) is 0 Å². The Morgan fingerprint density at radius 2 is 2.24 bits per heavy atom. The van der Waals surface area contributed by atoms with Gasteiger partial charge in [0.25, 0.3) is 0 Å². The number of hydrogen-bond donors (Lipinski definition) is 1. The maximum atomic E-state index is 13.4. The molecule has 1 aromatic carbocycles. The van der Waals surface area contributed by atoms with Gasteiger partial charge in [0.05, 0.1) is 5.54 Å². The molecule has 1 unspecified atom stereocenters. The van der Waals surface area contributed by atoms with Crippen molar-refractivity contribution in [1.82, 2.24) is 0 Å². The van der Waals surface area contributed by atoms with Crippen LogP contribution in [0.5, 0.6) is 0 Å². The summed E-state index contributed by atoms with van der Waals surface area (Å²) in [5.74, 6) is 0.535. The minimum atomic E-state index is -0.147. The van der Waals surface area contributed by atoms with Crippen molar-refractivity contribution >= 4 is 5.69 Å². The first-order valence-corrected chi connectivity index (χ1v) is 6.41. The third-order valence-corrected chi connectivity index (χ3v) is 4.43. The second-order valence-corrected chi connectivity index (χ2v) is 5.51. The normalized spacial score (nSPS) is 22.4. The first-order valence-electron chi connectivity index (χ1n) is 6.41. The average molecular weight is 234 g/mol. The second kappa shape index (κ2) is 3.70.